The number of carbonyl (C=O) groups excluding carboxylic acids is 2. The number of carbonyl (C=O) groups is 2. The molecule has 1 N–H and O–H groups in total. The van der Waals surface area contributed by atoms with E-state index in [1.54, 1.807) is 20.8 Å². The maximum absolute atomic E-state index is 12.7. The standard InChI is InChI=1S/C22H32N2O6/c1-22(2,3)30-21(26)24(20(25)18-6-4-11-27-18)10-5-9-23-15-16-7-8-17-19(14-16)29-13-12-28-17/h7-8,14,18,23H,4-6,9-13,15H2,1-3H3/t18-/m1/s1. The first-order valence-corrected chi connectivity index (χ1v) is 10.6. The normalized spacial score (nSPS) is 18.2. The summed E-state index contributed by atoms with van der Waals surface area (Å²) in [6.45, 7) is 8.62. The second-order valence-electron chi connectivity index (χ2n) is 8.48. The van der Waals surface area contributed by atoms with Crippen LogP contribution in [0, 0.1) is 0 Å². The van der Waals surface area contributed by atoms with E-state index in [9.17, 15) is 9.59 Å². The maximum Gasteiger partial charge on any atom is 0.417 e. The first-order valence-electron chi connectivity index (χ1n) is 10.6. The summed E-state index contributed by atoms with van der Waals surface area (Å²) < 4.78 is 22.0. The number of nitrogens with one attached hydrogen (secondary N) is 1. The zero-order valence-electron chi connectivity index (χ0n) is 18.1. The van der Waals surface area contributed by atoms with Crippen LogP contribution in [-0.4, -0.2) is 61.5 Å². The third kappa shape index (κ3) is 6.34. The van der Waals surface area contributed by atoms with Gasteiger partial charge < -0.3 is 24.3 Å². The molecule has 1 aromatic rings. The molecule has 2 aliphatic heterocycles. The summed E-state index contributed by atoms with van der Waals surface area (Å²) >= 11 is 0. The molecule has 0 aliphatic carbocycles. The third-order valence-corrected chi connectivity index (χ3v) is 4.76. The summed E-state index contributed by atoms with van der Waals surface area (Å²) in [5.41, 5.74) is 0.418. The Morgan fingerprint density at radius 2 is 1.93 bits per heavy atom. The molecule has 0 saturated carbocycles. The summed E-state index contributed by atoms with van der Waals surface area (Å²) in [5.74, 6) is 1.22. The highest BCUT2D eigenvalue weighted by Crippen LogP contribution is 2.30. The Morgan fingerprint density at radius 3 is 2.63 bits per heavy atom. The van der Waals surface area contributed by atoms with Crippen LogP contribution < -0.4 is 14.8 Å². The highest BCUT2D eigenvalue weighted by Gasteiger charge is 2.34. The van der Waals surface area contributed by atoms with Gasteiger partial charge in [-0.3, -0.25) is 4.79 Å². The number of amides is 2. The Morgan fingerprint density at radius 1 is 1.17 bits per heavy atom. The number of ether oxygens (including phenoxy) is 4. The summed E-state index contributed by atoms with van der Waals surface area (Å²) in [5, 5.41) is 3.34. The Labute approximate surface area is 177 Å². The quantitative estimate of drug-likeness (QED) is 0.679. The minimum atomic E-state index is -0.664. The van der Waals surface area contributed by atoms with Gasteiger partial charge in [0.2, 0.25) is 0 Å². The molecule has 1 atom stereocenters. The van der Waals surface area contributed by atoms with Crippen molar-refractivity contribution < 1.29 is 28.5 Å². The van der Waals surface area contributed by atoms with E-state index in [4.69, 9.17) is 18.9 Å². The van der Waals surface area contributed by atoms with Crippen LogP contribution in [0.4, 0.5) is 4.79 Å². The molecule has 8 heteroatoms. The average molecular weight is 421 g/mol. The van der Waals surface area contributed by atoms with Crippen LogP contribution in [0.25, 0.3) is 0 Å². The van der Waals surface area contributed by atoms with Crippen molar-refractivity contribution in [3.63, 3.8) is 0 Å². The van der Waals surface area contributed by atoms with Crippen LogP contribution >= 0.6 is 0 Å². The predicted molar refractivity (Wildman–Crippen MR) is 111 cm³/mol. The molecular weight excluding hydrogens is 388 g/mol. The average Bonchev–Trinajstić information content (AvgIpc) is 3.23. The van der Waals surface area contributed by atoms with Crippen molar-refractivity contribution in [3.05, 3.63) is 23.8 Å². The van der Waals surface area contributed by atoms with Gasteiger partial charge in [0.25, 0.3) is 5.91 Å². The third-order valence-electron chi connectivity index (χ3n) is 4.76. The number of imide groups is 1. The van der Waals surface area contributed by atoms with Crippen LogP contribution in [0.5, 0.6) is 11.5 Å². The lowest BCUT2D eigenvalue weighted by Gasteiger charge is -2.27. The molecule has 2 heterocycles. The van der Waals surface area contributed by atoms with E-state index in [0.29, 0.717) is 45.8 Å². The number of benzene rings is 1. The molecule has 0 unspecified atom stereocenters. The first-order chi connectivity index (χ1) is 14.3. The van der Waals surface area contributed by atoms with E-state index in [1.807, 2.05) is 18.2 Å². The topological polar surface area (TPSA) is 86.3 Å². The highest BCUT2D eigenvalue weighted by atomic mass is 16.6. The first kappa shape index (κ1) is 22.4. The molecule has 166 valence electrons. The fourth-order valence-corrected chi connectivity index (χ4v) is 3.35. The van der Waals surface area contributed by atoms with Crippen molar-refractivity contribution in [2.75, 3.05) is 32.9 Å². The SMILES string of the molecule is CC(C)(C)OC(=O)N(CCCNCc1ccc2c(c1)OCCO2)C(=O)[C@H]1CCCO1. The van der Waals surface area contributed by atoms with Crippen molar-refractivity contribution >= 4 is 12.0 Å². The van der Waals surface area contributed by atoms with E-state index in [-0.39, 0.29) is 12.5 Å². The molecule has 1 fully saturated rings. The summed E-state index contributed by atoms with van der Waals surface area (Å²) in [6.07, 6.45) is 0.913. The van der Waals surface area contributed by atoms with Gasteiger partial charge in [0.05, 0.1) is 0 Å². The van der Waals surface area contributed by atoms with Gasteiger partial charge in [-0.1, -0.05) is 6.07 Å². The minimum absolute atomic E-state index is 0.280. The zero-order chi connectivity index (χ0) is 21.6. The molecule has 30 heavy (non-hydrogen) atoms. The van der Waals surface area contributed by atoms with Crippen LogP contribution in [0.2, 0.25) is 0 Å². The number of nitrogens with zero attached hydrogens (tertiary/aromatic N) is 1. The molecule has 2 amide bonds. The molecule has 8 nitrogen and oxygen atoms in total. The maximum atomic E-state index is 12.7. The van der Waals surface area contributed by atoms with Gasteiger partial charge in [-0.05, 0) is 64.3 Å². The number of hydrogen-bond acceptors (Lipinski definition) is 7. The molecule has 3 rings (SSSR count). The molecular formula is C22H32N2O6. The lowest BCUT2D eigenvalue weighted by molar-refractivity contribution is -0.139. The highest BCUT2D eigenvalue weighted by molar-refractivity contribution is 5.94. The Kier molecular flexibility index (Phi) is 7.55. The van der Waals surface area contributed by atoms with Gasteiger partial charge in [0.15, 0.2) is 11.5 Å². The largest absolute Gasteiger partial charge is 0.486 e. The van der Waals surface area contributed by atoms with Crippen molar-refractivity contribution in [2.45, 2.75) is 58.3 Å². The fraction of sp³-hybridized carbons (Fsp3) is 0.636. The monoisotopic (exact) mass is 420 g/mol. The number of fused-ring (bicyclic) bond motifs is 1. The second kappa shape index (κ2) is 10.1. The van der Waals surface area contributed by atoms with Crippen LogP contribution in [0.1, 0.15) is 45.6 Å². The van der Waals surface area contributed by atoms with E-state index >= 15 is 0 Å². The van der Waals surface area contributed by atoms with Crippen molar-refractivity contribution in [2.24, 2.45) is 0 Å². The summed E-state index contributed by atoms with van der Waals surface area (Å²) in [6, 6.07) is 5.87. The van der Waals surface area contributed by atoms with E-state index in [1.165, 1.54) is 4.90 Å². The number of hydrogen-bond donors (Lipinski definition) is 1. The van der Waals surface area contributed by atoms with E-state index in [0.717, 1.165) is 23.5 Å². The molecule has 0 spiro atoms. The lowest BCUT2D eigenvalue weighted by Crippen LogP contribution is -2.46. The zero-order valence-corrected chi connectivity index (χ0v) is 18.1. The van der Waals surface area contributed by atoms with Crippen molar-refractivity contribution in [1.29, 1.82) is 0 Å². The summed E-state index contributed by atoms with van der Waals surface area (Å²) in [7, 11) is 0. The molecule has 0 aromatic heterocycles. The van der Waals surface area contributed by atoms with Crippen LogP contribution in [0.3, 0.4) is 0 Å². The Hall–Kier alpha value is -2.32. The second-order valence-corrected chi connectivity index (χ2v) is 8.48. The molecule has 2 aliphatic rings. The van der Waals surface area contributed by atoms with Gasteiger partial charge in [-0.25, -0.2) is 9.69 Å². The van der Waals surface area contributed by atoms with Gasteiger partial charge in [-0.15, -0.1) is 0 Å². The van der Waals surface area contributed by atoms with Gasteiger partial charge >= 0.3 is 6.09 Å². The summed E-state index contributed by atoms with van der Waals surface area (Å²) in [4.78, 5) is 26.5. The number of rotatable bonds is 7. The van der Waals surface area contributed by atoms with Gasteiger partial charge in [-0.2, -0.15) is 0 Å². The van der Waals surface area contributed by atoms with Crippen LogP contribution in [-0.2, 0) is 20.8 Å². The molecule has 0 radical (unpaired) electrons. The predicted octanol–water partition coefficient (Wildman–Crippen LogP) is 2.88. The van der Waals surface area contributed by atoms with Crippen LogP contribution in [0.15, 0.2) is 18.2 Å². The van der Waals surface area contributed by atoms with Gasteiger partial charge in [0.1, 0.15) is 24.9 Å². The molecule has 0 bridgehead atoms. The molecule has 1 saturated heterocycles. The minimum Gasteiger partial charge on any atom is -0.486 e. The fourth-order valence-electron chi connectivity index (χ4n) is 3.35. The Bertz CT molecular complexity index is 740. The molecule has 1 aromatic carbocycles. The van der Waals surface area contributed by atoms with E-state index < -0.39 is 17.8 Å². The van der Waals surface area contributed by atoms with Gasteiger partial charge in [0, 0.05) is 19.7 Å². The van der Waals surface area contributed by atoms with E-state index in [2.05, 4.69) is 5.32 Å². The van der Waals surface area contributed by atoms with Crippen molar-refractivity contribution in [3.8, 4) is 11.5 Å². The Balaban J connectivity index is 1.48. The lowest BCUT2D eigenvalue weighted by atomic mass is 10.2. The smallest absolute Gasteiger partial charge is 0.417 e. The van der Waals surface area contributed by atoms with Crippen molar-refractivity contribution in [1.82, 2.24) is 10.2 Å².